The number of fused-ring (bicyclic) bond motifs is 1. The van der Waals surface area contributed by atoms with E-state index < -0.39 is 6.55 Å². The second-order valence-electron chi connectivity index (χ2n) is 7.35. The molecule has 0 bridgehead atoms. The number of hydrogen-bond acceptors (Lipinski definition) is 5. The van der Waals surface area contributed by atoms with Crippen molar-refractivity contribution in [3.63, 3.8) is 0 Å². The van der Waals surface area contributed by atoms with Crippen molar-refractivity contribution in [1.29, 1.82) is 0 Å². The lowest BCUT2D eigenvalue weighted by Gasteiger charge is -2.24. The van der Waals surface area contributed by atoms with Gasteiger partial charge in [-0.25, -0.2) is 14.6 Å². The average molecular weight is 409 g/mol. The third kappa shape index (κ3) is 3.63. The smallest absolute Gasteiger partial charge is 0.333 e. The molecule has 0 aromatic carbocycles. The molecule has 4 aromatic heterocycles. The molecule has 9 heteroatoms. The molecule has 5 heterocycles. The number of nitrogens with one attached hydrogen (secondary N) is 2. The third-order valence-corrected chi connectivity index (χ3v) is 5.34. The van der Waals surface area contributed by atoms with Crippen molar-refractivity contribution in [2.45, 2.75) is 25.4 Å². The van der Waals surface area contributed by atoms with Crippen molar-refractivity contribution in [3.05, 3.63) is 55.1 Å². The molecule has 0 aliphatic carbocycles. The van der Waals surface area contributed by atoms with Gasteiger partial charge in [-0.05, 0) is 50.2 Å². The molecule has 0 unspecified atom stereocenters. The summed E-state index contributed by atoms with van der Waals surface area (Å²) in [7, 11) is 0. The van der Waals surface area contributed by atoms with Crippen LogP contribution in [0.15, 0.2) is 55.1 Å². The zero-order chi connectivity index (χ0) is 20.5. The fraction of sp³-hybridized carbons (Fsp3) is 0.286. The minimum absolute atomic E-state index is 0.411. The van der Waals surface area contributed by atoms with Crippen LogP contribution in [-0.4, -0.2) is 43.3 Å². The van der Waals surface area contributed by atoms with Gasteiger partial charge in [-0.15, -0.1) is 0 Å². The summed E-state index contributed by atoms with van der Waals surface area (Å²) in [5.74, 6) is 0.837. The molecule has 4 aromatic rings. The summed E-state index contributed by atoms with van der Waals surface area (Å²) < 4.78 is 28.3. The summed E-state index contributed by atoms with van der Waals surface area (Å²) in [6.07, 6.45) is 8.56. The van der Waals surface area contributed by atoms with Crippen LogP contribution in [0, 0.1) is 0 Å². The molecule has 5 rings (SSSR count). The molecule has 7 nitrogen and oxygen atoms in total. The van der Waals surface area contributed by atoms with Crippen LogP contribution in [0.5, 0.6) is 0 Å². The maximum atomic E-state index is 12.9. The highest BCUT2D eigenvalue weighted by atomic mass is 19.3. The van der Waals surface area contributed by atoms with Gasteiger partial charge in [-0.1, -0.05) is 6.07 Å². The minimum atomic E-state index is -2.66. The number of hydrogen-bond donors (Lipinski definition) is 2. The number of imidazole rings is 1. The quantitative estimate of drug-likeness (QED) is 0.524. The Morgan fingerprint density at radius 2 is 1.90 bits per heavy atom. The monoisotopic (exact) mass is 409 g/mol. The molecule has 0 saturated carbocycles. The fourth-order valence-electron chi connectivity index (χ4n) is 3.77. The minimum Gasteiger partial charge on any atom is -0.367 e. The lowest BCUT2D eigenvalue weighted by atomic mass is 10.1. The molecule has 1 aliphatic heterocycles. The van der Waals surface area contributed by atoms with Crippen molar-refractivity contribution < 1.29 is 8.78 Å². The first kappa shape index (κ1) is 18.7. The van der Waals surface area contributed by atoms with Crippen molar-refractivity contribution in [3.8, 4) is 22.5 Å². The molecule has 0 atom stereocenters. The van der Waals surface area contributed by atoms with Crippen LogP contribution in [0.4, 0.5) is 14.6 Å². The van der Waals surface area contributed by atoms with Gasteiger partial charge in [0.1, 0.15) is 11.5 Å². The summed E-state index contributed by atoms with van der Waals surface area (Å²) in [5.41, 5.74) is 3.78. The maximum absolute atomic E-state index is 12.9. The molecule has 0 spiro atoms. The predicted octanol–water partition coefficient (Wildman–Crippen LogP) is 3.82. The zero-order valence-corrected chi connectivity index (χ0v) is 16.2. The molecule has 1 aliphatic rings. The van der Waals surface area contributed by atoms with E-state index in [9.17, 15) is 8.78 Å². The number of alkyl halides is 2. The van der Waals surface area contributed by atoms with Gasteiger partial charge in [-0.2, -0.15) is 13.9 Å². The van der Waals surface area contributed by atoms with E-state index >= 15 is 0 Å². The molecule has 1 fully saturated rings. The van der Waals surface area contributed by atoms with Crippen molar-refractivity contribution in [2.24, 2.45) is 0 Å². The Hall–Kier alpha value is -3.33. The lowest BCUT2D eigenvalue weighted by molar-refractivity contribution is 0.0566. The van der Waals surface area contributed by atoms with Crippen LogP contribution in [0.1, 0.15) is 19.4 Å². The molecular formula is C21H21F2N7. The highest BCUT2D eigenvalue weighted by Gasteiger charge is 2.15. The van der Waals surface area contributed by atoms with Gasteiger partial charge in [0.15, 0.2) is 0 Å². The maximum Gasteiger partial charge on any atom is 0.333 e. The Morgan fingerprint density at radius 3 is 2.70 bits per heavy atom. The Morgan fingerprint density at radius 1 is 1.03 bits per heavy atom. The van der Waals surface area contributed by atoms with Crippen LogP contribution >= 0.6 is 0 Å². The molecule has 154 valence electrons. The topological polar surface area (TPSA) is 72.1 Å². The van der Waals surface area contributed by atoms with E-state index in [4.69, 9.17) is 4.98 Å². The van der Waals surface area contributed by atoms with Crippen molar-refractivity contribution in [2.75, 3.05) is 18.4 Å². The first-order valence-corrected chi connectivity index (χ1v) is 9.92. The second-order valence-corrected chi connectivity index (χ2v) is 7.35. The molecule has 1 saturated heterocycles. The summed E-state index contributed by atoms with van der Waals surface area (Å²) >= 11 is 0. The SMILES string of the molecule is FC(F)n1cc(-c2ccc3ncc(-c4cccc(NC5CCNCC5)n4)n3c2)cn1. The third-order valence-electron chi connectivity index (χ3n) is 5.34. The number of pyridine rings is 2. The number of halogens is 2. The zero-order valence-electron chi connectivity index (χ0n) is 16.2. The van der Waals surface area contributed by atoms with E-state index in [1.165, 1.54) is 12.4 Å². The number of piperidine rings is 1. The molecule has 2 N–H and O–H groups in total. The second kappa shape index (κ2) is 7.83. The summed E-state index contributed by atoms with van der Waals surface area (Å²) in [4.78, 5) is 9.24. The number of nitrogens with zero attached hydrogens (tertiary/aromatic N) is 5. The summed E-state index contributed by atoms with van der Waals surface area (Å²) in [6.45, 7) is -0.642. The van der Waals surface area contributed by atoms with Gasteiger partial charge in [0, 0.05) is 29.6 Å². The van der Waals surface area contributed by atoms with Gasteiger partial charge in [0.25, 0.3) is 0 Å². The van der Waals surface area contributed by atoms with Crippen LogP contribution in [0.3, 0.4) is 0 Å². The predicted molar refractivity (Wildman–Crippen MR) is 110 cm³/mol. The Bertz CT molecular complexity index is 1160. The van der Waals surface area contributed by atoms with Crippen LogP contribution in [-0.2, 0) is 0 Å². The molecule has 0 amide bonds. The van der Waals surface area contributed by atoms with Gasteiger partial charge < -0.3 is 10.6 Å². The van der Waals surface area contributed by atoms with Gasteiger partial charge in [-0.3, -0.25) is 4.40 Å². The van der Waals surface area contributed by atoms with Crippen molar-refractivity contribution in [1.82, 2.24) is 29.5 Å². The van der Waals surface area contributed by atoms with E-state index in [-0.39, 0.29) is 0 Å². The standard InChI is InChI=1S/C21H21F2N7/c22-21(23)30-13-15(10-26-30)14-4-5-20-25-11-18(29(20)12-14)17-2-1-3-19(28-17)27-16-6-8-24-9-7-16/h1-5,10-13,16,21,24H,6-9H2,(H,27,28). The van der Waals surface area contributed by atoms with Gasteiger partial charge in [0.2, 0.25) is 0 Å². The fourth-order valence-corrected chi connectivity index (χ4v) is 3.77. The highest BCUT2D eigenvalue weighted by Crippen LogP contribution is 2.26. The lowest BCUT2D eigenvalue weighted by Crippen LogP contribution is -2.35. The van der Waals surface area contributed by atoms with E-state index in [2.05, 4.69) is 20.7 Å². The van der Waals surface area contributed by atoms with Crippen LogP contribution < -0.4 is 10.6 Å². The Kier molecular flexibility index (Phi) is 4.88. The number of anilines is 1. The molecule has 30 heavy (non-hydrogen) atoms. The Labute approximate surface area is 171 Å². The Balaban J connectivity index is 1.47. The van der Waals surface area contributed by atoms with Crippen LogP contribution in [0.2, 0.25) is 0 Å². The first-order chi connectivity index (χ1) is 14.7. The molecule has 0 radical (unpaired) electrons. The van der Waals surface area contributed by atoms with Crippen LogP contribution in [0.25, 0.3) is 28.2 Å². The number of aromatic nitrogens is 5. The van der Waals surface area contributed by atoms with E-state index in [0.717, 1.165) is 54.3 Å². The van der Waals surface area contributed by atoms with E-state index in [1.54, 1.807) is 6.20 Å². The largest absolute Gasteiger partial charge is 0.367 e. The summed E-state index contributed by atoms with van der Waals surface area (Å²) in [6, 6.07) is 10.0. The van der Waals surface area contributed by atoms with Gasteiger partial charge >= 0.3 is 6.55 Å². The first-order valence-electron chi connectivity index (χ1n) is 9.92. The molecular weight excluding hydrogens is 388 g/mol. The highest BCUT2D eigenvalue weighted by molar-refractivity contribution is 5.67. The van der Waals surface area contributed by atoms with E-state index in [1.807, 2.05) is 40.9 Å². The average Bonchev–Trinajstić information content (AvgIpc) is 3.42. The van der Waals surface area contributed by atoms with E-state index in [0.29, 0.717) is 16.3 Å². The normalized spacial score (nSPS) is 15.2. The summed E-state index contributed by atoms with van der Waals surface area (Å²) in [5, 5.41) is 10.6. The van der Waals surface area contributed by atoms with Crippen molar-refractivity contribution >= 4 is 11.5 Å². The number of rotatable bonds is 5. The van der Waals surface area contributed by atoms with Gasteiger partial charge in [0.05, 0.1) is 23.8 Å².